The molecule has 3 aromatic heterocycles. The molecule has 0 saturated heterocycles. The molecule has 0 aliphatic heterocycles. The van der Waals surface area contributed by atoms with Crippen molar-refractivity contribution in [3.8, 4) is 5.82 Å². The number of nitrogens with two attached hydrogens (primary N) is 1. The molecule has 0 unspecified atom stereocenters. The fourth-order valence-corrected chi connectivity index (χ4v) is 2.61. The molecule has 126 valence electrons. The Bertz CT molecular complexity index is 1060. The highest BCUT2D eigenvalue weighted by molar-refractivity contribution is 5.83. The maximum Gasteiger partial charge on any atom is 0.224 e. The summed E-state index contributed by atoms with van der Waals surface area (Å²) >= 11 is 0. The number of nitrogens with zero attached hydrogens (tertiary/aromatic N) is 6. The molecule has 0 fully saturated rings. The zero-order chi connectivity index (χ0) is 17.6. The summed E-state index contributed by atoms with van der Waals surface area (Å²) < 4.78 is 30.8. The van der Waals surface area contributed by atoms with Crippen LogP contribution in [0.3, 0.4) is 0 Å². The van der Waals surface area contributed by atoms with Crippen molar-refractivity contribution in [2.45, 2.75) is 13.5 Å². The van der Waals surface area contributed by atoms with Crippen molar-refractivity contribution in [3.05, 3.63) is 59.6 Å². The van der Waals surface area contributed by atoms with E-state index in [4.69, 9.17) is 5.73 Å². The van der Waals surface area contributed by atoms with Gasteiger partial charge in [-0.05, 0) is 25.1 Å². The zero-order valence-corrected chi connectivity index (χ0v) is 13.2. The number of aryl methyl sites for hydroxylation is 1. The van der Waals surface area contributed by atoms with Crippen LogP contribution in [-0.4, -0.2) is 29.5 Å². The Hall–Kier alpha value is -3.36. The van der Waals surface area contributed by atoms with Crippen molar-refractivity contribution >= 4 is 17.0 Å². The predicted molar refractivity (Wildman–Crippen MR) is 87.1 cm³/mol. The summed E-state index contributed by atoms with van der Waals surface area (Å²) in [4.78, 5) is 8.37. The van der Waals surface area contributed by atoms with Crippen molar-refractivity contribution in [1.82, 2.24) is 29.5 Å². The highest BCUT2D eigenvalue weighted by atomic mass is 19.1. The molecule has 0 amide bonds. The van der Waals surface area contributed by atoms with Crippen LogP contribution in [0.4, 0.5) is 14.7 Å². The third-order valence-electron chi connectivity index (χ3n) is 3.80. The van der Waals surface area contributed by atoms with Gasteiger partial charge in [-0.15, -0.1) is 0 Å². The summed E-state index contributed by atoms with van der Waals surface area (Å²) in [6, 6.07) is 5.54. The van der Waals surface area contributed by atoms with E-state index in [1.54, 1.807) is 10.9 Å². The molecule has 0 bridgehead atoms. The standard InChI is InChI=1S/C16H13F2N7/c1-9-5-6-24(23-9)14-10-7-20-25(15(10)22-16(19)21-14)8-11-12(17)3-2-4-13(11)18/h2-7H,8H2,1H3,(H2,19,21,22). The Morgan fingerprint density at radius 1 is 1.12 bits per heavy atom. The van der Waals surface area contributed by atoms with E-state index in [1.807, 2.05) is 13.0 Å². The average molecular weight is 341 g/mol. The molecule has 4 rings (SSSR count). The number of anilines is 1. The predicted octanol–water partition coefficient (Wildman–Crippen LogP) is 2.23. The Balaban J connectivity index is 1.86. The molecule has 4 aromatic rings. The summed E-state index contributed by atoms with van der Waals surface area (Å²) in [5.74, 6) is -0.815. The van der Waals surface area contributed by atoms with Crippen LogP contribution in [0.25, 0.3) is 16.9 Å². The molecule has 0 radical (unpaired) electrons. The number of hydrogen-bond donors (Lipinski definition) is 1. The lowest BCUT2D eigenvalue weighted by molar-refractivity contribution is 0.536. The topological polar surface area (TPSA) is 87.4 Å². The van der Waals surface area contributed by atoms with Crippen molar-refractivity contribution < 1.29 is 8.78 Å². The van der Waals surface area contributed by atoms with Crippen LogP contribution in [0.5, 0.6) is 0 Å². The average Bonchev–Trinajstić information content (AvgIpc) is 3.17. The lowest BCUT2D eigenvalue weighted by Crippen LogP contribution is -2.09. The van der Waals surface area contributed by atoms with Crippen LogP contribution in [0, 0.1) is 18.6 Å². The zero-order valence-electron chi connectivity index (χ0n) is 13.2. The highest BCUT2D eigenvalue weighted by Crippen LogP contribution is 2.22. The first-order valence-electron chi connectivity index (χ1n) is 7.47. The second-order valence-corrected chi connectivity index (χ2v) is 5.55. The van der Waals surface area contributed by atoms with Crippen molar-refractivity contribution in [2.24, 2.45) is 0 Å². The molecule has 0 spiro atoms. The van der Waals surface area contributed by atoms with E-state index in [2.05, 4.69) is 20.2 Å². The third-order valence-corrected chi connectivity index (χ3v) is 3.80. The van der Waals surface area contributed by atoms with Crippen LogP contribution in [-0.2, 0) is 6.54 Å². The van der Waals surface area contributed by atoms with E-state index in [-0.39, 0.29) is 18.1 Å². The quantitative estimate of drug-likeness (QED) is 0.617. The Kier molecular flexibility index (Phi) is 3.41. The van der Waals surface area contributed by atoms with E-state index >= 15 is 0 Å². The first-order chi connectivity index (χ1) is 12.0. The molecule has 0 aliphatic carbocycles. The number of fused-ring (bicyclic) bond motifs is 1. The largest absolute Gasteiger partial charge is 0.368 e. The van der Waals surface area contributed by atoms with Gasteiger partial charge in [0.2, 0.25) is 5.95 Å². The molecule has 0 aliphatic rings. The number of rotatable bonds is 3. The second-order valence-electron chi connectivity index (χ2n) is 5.55. The van der Waals surface area contributed by atoms with Crippen molar-refractivity contribution in [2.75, 3.05) is 5.73 Å². The van der Waals surface area contributed by atoms with Gasteiger partial charge in [-0.25, -0.2) is 18.1 Å². The molecule has 9 heteroatoms. The minimum atomic E-state index is -0.645. The van der Waals surface area contributed by atoms with Gasteiger partial charge in [0, 0.05) is 11.8 Å². The van der Waals surface area contributed by atoms with Gasteiger partial charge >= 0.3 is 0 Å². The number of halogens is 2. The van der Waals surface area contributed by atoms with Crippen LogP contribution >= 0.6 is 0 Å². The van der Waals surface area contributed by atoms with Gasteiger partial charge < -0.3 is 5.73 Å². The summed E-state index contributed by atoms with van der Waals surface area (Å²) in [6.45, 7) is 1.73. The molecule has 25 heavy (non-hydrogen) atoms. The van der Waals surface area contributed by atoms with Gasteiger partial charge in [0.05, 0.1) is 23.8 Å². The lowest BCUT2D eigenvalue weighted by Gasteiger charge is -2.07. The van der Waals surface area contributed by atoms with E-state index in [0.29, 0.717) is 16.9 Å². The van der Waals surface area contributed by atoms with Gasteiger partial charge in [-0.2, -0.15) is 20.2 Å². The van der Waals surface area contributed by atoms with Gasteiger partial charge in [-0.1, -0.05) is 6.07 Å². The molecular formula is C16H13F2N7. The van der Waals surface area contributed by atoms with Crippen molar-refractivity contribution in [3.63, 3.8) is 0 Å². The summed E-state index contributed by atoms with van der Waals surface area (Å²) in [5.41, 5.74) is 6.89. The number of nitrogen functional groups attached to an aromatic ring is 1. The van der Waals surface area contributed by atoms with Crippen LogP contribution in [0.1, 0.15) is 11.3 Å². The van der Waals surface area contributed by atoms with E-state index < -0.39 is 11.6 Å². The summed E-state index contributed by atoms with van der Waals surface area (Å²) in [5, 5.41) is 9.08. The number of benzene rings is 1. The normalized spacial score (nSPS) is 11.3. The molecule has 3 heterocycles. The summed E-state index contributed by atoms with van der Waals surface area (Å²) in [7, 11) is 0. The second kappa shape index (κ2) is 5.62. The van der Waals surface area contributed by atoms with Crippen LogP contribution in [0.15, 0.2) is 36.7 Å². The maximum absolute atomic E-state index is 13.9. The van der Waals surface area contributed by atoms with Crippen LogP contribution in [0.2, 0.25) is 0 Å². The molecule has 7 nitrogen and oxygen atoms in total. The van der Waals surface area contributed by atoms with Crippen LogP contribution < -0.4 is 5.73 Å². The third kappa shape index (κ3) is 2.59. The number of hydrogen-bond acceptors (Lipinski definition) is 5. The van der Waals surface area contributed by atoms with E-state index in [1.165, 1.54) is 29.1 Å². The molecule has 0 atom stereocenters. The van der Waals surface area contributed by atoms with E-state index in [0.717, 1.165) is 5.69 Å². The highest BCUT2D eigenvalue weighted by Gasteiger charge is 2.16. The van der Waals surface area contributed by atoms with E-state index in [9.17, 15) is 8.78 Å². The van der Waals surface area contributed by atoms with Gasteiger partial charge in [0.1, 0.15) is 11.6 Å². The summed E-state index contributed by atoms with van der Waals surface area (Å²) in [6.07, 6.45) is 3.27. The molecule has 1 aromatic carbocycles. The van der Waals surface area contributed by atoms with Gasteiger partial charge in [0.15, 0.2) is 11.5 Å². The maximum atomic E-state index is 13.9. The first kappa shape index (κ1) is 15.2. The van der Waals surface area contributed by atoms with Gasteiger partial charge in [-0.3, -0.25) is 0 Å². The van der Waals surface area contributed by atoms with Gasteiger partial charge in [0.25, 0.3) is 0 Å². The molecule has 2 N–H and O–H groups in total. The Morgan fingerprint density at radius 2 is 1.88 bits per heavy atom. The minimum absolute atomic E-state index is 0.0198. The first-order valence-corrected chi connectivity index (χ1v) is 7.47. The fraction of sp³-hybridized carbons (Fsp3) is 0.125. The Labute approximate surface area is 140 Å². The SMILES string of the molecule is Cc1ccn(-c2nc(N)nc3c2cnn3Cc2c(F)cccc2F)n1. The number of aromatic nitrogens is 6. The molecule has 0 saturated carbocycles. The van der Waals surface area contributed by atoms with Crippen molar-refractivity contribution in [1.29, 1.82) is 0 Å². The lowest BCUT2D eigenvalue weighted by atomic mass is 10.2. The monoisotopic (exact) mass is 341 g/mol. The molecular weight excluding hydrogens is 328 g/mol. The Morgan fingerprint density at radius 3 is 2.56 bits per heavy atom. The smallest absolute Gasteiger partial charge is 0.224 e. The minimum Gasteiger partial charge on any atom is -0.368 e. The fourth-order valence-electron chi connectivity index (χ4n) is 2.61.